The maximum atomic E-state index is 12.5. The Labute approximate surface area is 194 Å². The zero-order valence-electron chi connectivity index (χ0n) is 18.5. The van der Waals surface area contributed by atoms with E-state index in [9.17, 15) is 4.79 Å². The molecule has 0 radical (unpaired) electrons. The molecule has 5 nitrogen and oxygen atoms in total. The van der Waals surface area contributed by atoms with Crippen LogP contribution < -0.4 is 4.74 Å². The van der Waals surface area contributed by atoms with Gasteiger partial charge in [0.05, 0.1) is 21.1 Å². The Balaban J connectivity index is 1.85. The monoisotopic (exact) mass is 516 g/mol. The third-order valence-corrected chi connectivity index (χ3v) is 6.85. The van der Waals surface area contributed by atoms with Crippen molar-refractivity contribution in [3.63, 3.8) is 0 Å². The average molecular weight is 518 g/mol. The van der Waals surface area contributed by atoms with Crippen LogP contribution in [0.2, 0.25) is 5.02 Å². The van der Waals surface area contributed by atoms with Gasteiger partial charge in [-0.05, 0) is 66.8 Å². The van der Waals surface area contributed by atoms with Crippen LogP contribution in [0.4, 0.5) is 4.79 Å². The molecule has 0 unspecified atom stereocenters. The number of benzene rings is 1. The van der Waals surface area contributed by atoms with Gasteiger partial charge in [0.1, 0.15) is 18.0 Å². The first-order chi connectivity index (χ1) is 13.8. The molecule has 0 N–H and O–H groups in total. The summed E-state index contributed by atoms with van der Waals surface area (Å²) in [7, 11) is -0.989. The largest absolute Gasteiger partial charge is 0.490 e. The van der Waals surface area contributed by atoms with E-state index in [1.807, 2.05) is 26.8 Å². The summed E-state index contributed by atoms with van der Waals surface area (Å²) >= 11 is 10.1. The van der Waals surface area contributed by atoms with Crippen molar-refractivity contribution in [1.29, 1.82) is 0 Å². The van der Waals surface area contributed by atoms with Gasteiger partial charge in [-0.2, -0.15) is 10.0 Å². The Morgan fingerprint density at radius 1 is 1.33 bits per heavy atom. The normalized spacial score (nSPS) is 20.1. The molecule has 2 heterocycles. The predicted octanol–water partition coefficient (Wildman–Crippen LogP) is 4.92. The second-order valence-corrected chi connectivity index (χ2v) is 14.5. The molecule has 1 amide bonds. The van der Waals surface area contributed by atoms with Crippen molar-refractivity contribution in [2.24, 2.45) is 0 Å². The van der Waals surface area contributed by atoms with E-state index in [4.69, 9.17) is 21.1 Å². The highest BCUT2D eigenvalue weighted by atomic mass is 79.9. The molecule has 0 aliphatic carbocycles. The molecule has 8 heteroatoms. The number of piperazine rings is 1. The number of carbonyl (C=O) groups excluding carboxylic acids is 1. The number of ether oxygens (including phenoxy) is 2. The lowest BCUT2D eigenvalue weighted by Crippen LogP contribution is -2.56. The molecule has 1 aromatic carbocycles. The zero-order chi connectivity index (χ0) is 22.3. The Morgan fingerprint density at radius 2 is 2.03 bits per heavy atom. The van der Waals surface area contributed by atoms with Crippen LogP contribution in [0.5, 0.6) is 5.75 Å². The van der Waals surface area contributed by atoms with Crippen molar-refractivity contribution in [1.82, 2.24) is 9.80 Å². The van der Waals surface area contributed by atoms with Crippen LogP contribution in [0.15, 0.2) is 10.5 Å². The van der Waals surface area contributed by atoms with Crippen LogP contribution in [0, 0.1) is 11.2 Å². The summed E-state index contributed by atoms with van der Waals surface area (Å²) in [5, 5.41) is 4.00. The number of amides is 1. The molecular formula is C22H30BrClN2O3S. The fourth-order valence-corrected chi connectivity index (χ4v) is 4.44. The standard InChI is InChI=1S/C22H30BrClN2O3S/c1-22(2,3)29-21(27)26-9-8-25-12-15-11-18(24)19(23)17(7-10-30(4,5)6)20(15)28-14-16(25)13-26/h11,16H,8-9,12-14H2,1-6H3/t16-/m1/s1. The molecule has 166 valence electrons. The van der Waals surface area contributed by atoms with Crippen molar-refractivity contribution < 1.29 is 14.3 Å². The molecule has 3 rings (SSSR count). The molecule has 30 heavy (non-hydrogen) atoms. The number of hydrogen-bond acceptors (Lipinski definition) is 4. The van der Waals surface area contributed by atoms with Crippen LogP contribution in [-0.4, -0.2) is 72.5 Å². The molecule has 0 spiro atoms. The maximum Gasteiger partial charge on any atom is 0.410 e. The lowest BCUT2D eigenvalue weighted by Gasteiger charge is -2.40. The summed E-state index contributed by atoms with van der Waals surface area (Å²) in [6.45, 7) is 8.81. The van der Waals surface area contributed by atoms with Gasteiger partial charge in [-0.25, -0.2) is 4.79 Å². The Morgan fingerprint density at radius 3 is 2.67 bits per heavy atom. The molecule has 1 fully saturated rings. The summed E-state index contributed by atoms with van der Waals surface area (Å²) in [5.74, 6) is 4.10. The first kappa shape index (κ1) is 23.6. The van der Waals surface area contributed by atoms with Crippen LogP contribution in [0.1, 0.15) is 31.9 Å². The predicted molar refractivity (Wildman–Crippen MR) is 129 cm³/mol. The third kappa shape index (κ3) is 5.79. The number of hydrogen-bond donors (Lipinski definition) is 0. The summed E-state index contributed by atoms with van der Waals surface area (Å²) < 4.78 is 12.6. The van der Waals surface area contributed by atoms with E-state index in [1.54, 1.807) is 4.90 Å². The molecular weight excluding hydrogens is 488 g/mol. The first-order valence-corrected chi connectivity index (χ1v) is 13.9. The lowest BCUT2D eigenvalue weighted by molar-refractivity contribution is -0.00155. The van der Waals surface area contributed by atoms with E-state index in [1.165, 1.54) is 0 Å². The Kier molecular flexibility index (Phi) is 6.93. The van der Waals surface area contributed by atoms with Gasteiger partial charge in [0, 0.05) is 31.7 Å². The number of nitrogens with zero attached hydrogens (tertiary/aromatic N) is 2. The van der Waals surface area contributed by atoms with Gasteiger partial charge < -0.3 is 14.4 Å². The fourth-order valence-electron chi connectivity index (χ4n) is 3.41. The van der Waals surface area contributed by atoms with Crippen molar-refractivity contribution >= 4 is 43.7 Å². The molecule has 2 aliphatic rings. The summed E-state index contributed by atoms with van der Waals surface area (Å²) in [6, 6.07) is 2.05. The van der Waals surface area contributed by atoms with Gasteiger partial charge in [-0.3, -0.25) is 4.90 Å². The molecule has 1 aromatic rings. The molecule has 1 atom stereocenters. The van der Waals surface area contributed by atoms with Gasteiger partial charge in [-0.15, -0.1) is 0 Å². The summed E-state index contributed by atoms with van der Waals surface area (Å²) in [4.78, 5) is 16.6. The smallest absolute Gasteiger partial charge is 0.410 e. The van der Waals surface area contributed by atoms with E-state index in [0.29, 0.717) is 31.3 Å². The van der Waals surface area contributed by atoms with Crippen molar-refractivity contribution in [3.05, 3.63) is 26.7 Å². The van der Waals surface area contributed by atoms with E-state index < -0.39 is 15.6 Å². The van der Waals surface area contributed by atoms with Gasteiger partial charge in [0.15, 0.2) is 0 Å². The molecule has 0 bridgehead atoms. The lowest BCUT2D eigenvalue weighted by atomic mass is 10.1. The van der Waals surface area contributed by atoms with E-state index in [2.05, 4.69) is 50.8 Å². The van der Waals surface area contributed by atoms with Crippen molar-refractivity contribution in [3.8, 4) is 16.9 Å². The highest BCUT2D eigenvalue weighted by molar-refractivity contribution is 9.10. The third-order valence-electron chi connectivity index (χ3n) is 4.78. The topological polar surface area (TPSA) is 42.0 Å². The fraction of sp³-hybridized carbons (Fsp3) is 0.591. The van der Waals surface area contributed by atoms with E-state index in [0.717, 1.165) is 27.9 Å². The van der Waals surface area contributed by atoms with Crippen LogP contribution >= 0.6 is 37.6 Å². The molecule has 0 aromatic heterocycles. The van der Waals surface area contributed by atoms with Crippen LogP contribution in [0.3, 0.4) is 0 Å². The van der Waals surface area contributed by atoms with Gasteiger partial charge >= 0.3 is 6.09 Å². The van der Waals surface area contributed by atoms with Crippen LogP contribution in [-0.2, 0) is 11.3 Å². The second kappa shape index (κ2) is 8.82. The summed E-state index contributed by atoms with van der Waals surface area (Å²) in [6.07, 6.45) is 6.20. The minimum atomic E-state index is -0.989. The highest BCUT2D eigenvalue weighted by Gasteiger charge is 2.35. The second-order valence-electron chi connectivity index (χ2n) is 9.46. The number of halogens is 2. The van der Waals surface area contributed by atoms with Gasteiger partial charge in [0.25, 0.3) is 0 Å². The highest BCUT2D eigenvalue weighted by Crippen LogP contribution is 2.40. The van der Waals surface area contributed by atoms with Crippen LogP contribution in [0.25, 0.3) is 0 Å². The number of carbonyl (C=O) groups is 1. The zero-order valence-corrected chi connectivity index (χ0v) is 21.6. The van der Waals surface area contributed by atoms with Crippen molar-refractivity contribution in [2.45, 2.75) is 39.0 Å². The number of rotatable bonds is 0. The quantitative estimate of drug-likeness (QED) is 0.458. The molecule has 1 saturated heterocycles. The van der Waals surface area contributed by atoms with E-state index >= 15 is 0 Å². The minimum absolute atomic E-state index is 0.0882. The number of fused-ring (bicyclic) bond motifs is 2. The Hall–Kier alpha value is -1.07. The molecule has 0 saturated carbocycles. The van der Waals surface area contributed by atoms with Gasteiger partial charge in [0.2, 0.25) is 0 Å². The first-order valence-electron chi connectivity index (χ1n) is 9.91. The molecule has 2 aliphatic heterocycles. The van der Waals surface area contributed by atoms with Crippen molar-refractivity contribution in [2.75, 3.05) is 45.0 Å². The Bertz CT molecular complexity index is 899. The summed E-state index contributed by atoms with van der Waals surface area (Å²) in [5.41, 5.74) is 1.34. The van der Waals surface area contributed by atoms with E-state index in [-0.39, 0.29) is 12.1 Å². The minimum Gasteiger partial charge on any atom is -0.490 e. The maximum absolute atomic E-state index is 12.5. The van der Waals surface area contributed by atoms with Gasteiger partial charge in [-0.1, -0.05) is 17.5 Å². The average Bonchev–Trinajstić information content (AvgIpc) is 2.78. The SMILES string of the molecule is CC(C)(C)OC(=O)N1CCN2Cc3cc(Cl)c(Br)c(C#CS(C)(C)C)c3OC[C@H]2C1.